The van der Waals surface area contributed by atoms with Crippen molar-refractivity contribution in [2.45, 2.75) is 24.4 Å². The number of thioether (sulfide) groups is 1. The van der Waals surface area contributed by atoms with Crippen molar-refractivity contribution < 1.29 is 14.7 Å². The van der Waals surface area contributed by atoms with Gasteiger partial charge in [0, 0.05) is 17.5 Å². The van der Waals surface area contributed by atoms with Crippen LogP contribution in [0.4, 0.5) is 5.69 Å². The van der Waals surface area contributed by atoms with Gasteiger partial charge in [-0.25, -0.2) is 9.98 Å². The molecule has 1 unspecified atom stereocenters. The molecule has 0 radical (unpaired) electrons. The Balaban J connectivity index is 2.05. The largest absolute Gasteiger partial charge is 0.394 e. The van der Waals surface area contributed by atoms with Gasteiger partial charge in [0.1, 0.15) is 11.4 Å². The standard InChI is InChI=1S/C19H23N5O3S/c1-12(10-25)23-19(27)16-5-3-4-15(24-16)18(26)21-9-13-6-7-14(22-11-20)17(8-13)28-2/h3-8,11-12,25H,9-10H2,1-2H3,(H2,20,22)(H,21,26)(H,23,27). The first-order valence-electron chi connectivity index (χ1n) is 8.56. The van der Waals surface area contributed by atoms with E-state index in [0.29, 0.717) is 6.54 Å². The summed E-state index contributed by atoms with van der Waals surface area (Å²) < 4.78 is 0. The second-order valence-corrected chi connectivity index (χ2v) is 6.78. The van der Waals surface area contributed by atoms with Crippen molar-refractivity contribution in [1.82, 2.24) is 15.6 Å². The summed E-state index contributed by atoms with van der Waals surface area (Å²) in [4.78, 5) is 33.6. The summed E-state index contributed by atoms with van der Waals surface area (Å²) in [7, 11) is 0. The SMILES string of the molecule is CSc1cc(CNC(=O)c2cccc(C(=O)NC(C)CO)n2)ccc1N=CN. The summed E-state index contributed by atoms with van der Waals surface area (Å²) in [5.41, 5.74) is 7.27. The molecule has 0 fully saturated rings. The molecule has 0 saturated carbocycles. The van der Waals surface area contributed by atoms with Crippen LogP contribution >= 0.6 is 11.8 Å². The Morgan fingerprint density at radius 1 is 1.29 bits per heavy atom. The first-order chi connectivity index (χ1) is 13.5. The molecule has 1 aromatic heterocycles. The lowest BCUT2D eigenvalue weighted by Crippen LogP contribution is -2.35. The zero-order valence-corrected chi connectivity index (χ0v) is 16.5. The molecule has 28 heavy (non-hydrogen) atoms. The highest BCUT2D eigenvalue weighted by atomic mass is 32.2. The number of hydrogen-bond donors (Lipinski definition) is 4. The first-order valence-corrected chi connectivity index (χ1v) is 9.79. The number of aliphatic imine (C=N–C) groups is 1. The van der Waals surface area contributed by atoms with E-state index in [0.717, 1.165) is 16.1 Å². The van der Waals surface area contributed by atoms with Gasteiger partial charge in [-0.1, -0.05) is 12.1 Å². The van der Waals surface area contributed by atoms with E-state index >= 15 is 0 Å². The number of nitrogens with two attached hydrogens (primary N) is 1. The van der Waals surface area contributed by atoms with Gasteiger partial charge in [0.25, 0.3) is 11.8 Å². The van der Waals surface area contributed by atoms with Gasteiger partial charge in [-0.2, -0.15) is 0 Å². The normalized spacial score (nSPS) is 12.0. The molecule has 2 amide bonds. The van der Waals surface area contributed by atoms with E-state index in [4.69, 9.17) is 10.8 Å². The van der Waals surface area contributed by atoms with Crippen LogP contribution in [-0.2, 0) is 6.54 Å². The molecule has 2 aromatic rings. The summed E-state index contributed by atoms with van der Waals surface area (Å²) in [5, 5.41) is 14.4. The number of amides is 2. The minimum absolute atomic E-state index is 0.113. The summed E-state index contributed by atoms with van der Waals surface area (Å²) in [6.45, 7) is 1.79. The van der Waals surface area contributed by atoms with E-state index < -0.39 is 11.9 Å². The van der Waals surface area contributed by atoms with Gasteiger partial charge in [0.2, 0.25) is 0 Å². The molecule has 8 nitrogen and oxygen atoms in total. The third-order valence-corrected chi connectivity index (χ3v) is 4.54. The Bertz CT molecular complexity index is 872. The van der Waals surface area contributed by atoms with Crippen LogP contribution in [0.25, 0.3) is 0 Å². The van der Waals surface area contributed by atoms with Gasteiger partial charge in [-0.3, -0.25) is 9.59 Å². The van der Waals surface area contributed by atoms with Crippen LogP contribution in [0.15, 0.2) is 46.3 Å². The van der Waals surface area contributed by atoms with Crippen molar-refractivity contribution in [2.24, 2.45) is 10.7 Å². The maximum atomic E-state index is 12.4. The molecule has 9 heteroatoms. The van der Waals surface area contributed by atoms with Gasteiger partial charge in [-0.05, 0) is 43.0 Å². The van der Waals surface area contributed by atoms with E-state index in [1.807, 2.05) is 24.5 Å². The summed E-state index contributed by atoms with van der Waals surface area (Å²) in [6.07, 6.45) is 3.18. The van der Waals surface area contributed by atoms with Crippen LogP contribution in [0.3, 0.4) is 0 Å². The van der Waals surface area contributed by atoms with Crippen LogP contribution in [-0.4, -0.2) is 47.1 Å². The zero-order chi connectivity index (χ0) is 20.5. The Morgan fingerprint density at radius 2 is 2.00 bits per heavy atom. The van der Waals surface area contributed by atoms with Crippen molar-refractivity contribution in [2.75, 3.05) is 12.9 Å². The fourth-order valence-corrected chi connectivity index (χ4v) is 2.92. The fraction of sp³-hybridized carbons (Fsp3) is 0.263. The van der Waals surface area contributed by atoms with Crippen molar-refractivity contribution in [1.29, 1.82) is 0 Å². The van der Waals surface area contributed by atoms with E-state index in [2.05, 4.69) is 20.6 Å². The fourth-order valence-electron chi connectivity index (χ4n) is 2.32. The third-order valence-electron chi connectivity index (χ3n) is 3.78. The molecule has 0 bridgehead atoms. The minimum Gasteiger partial charge on any atom is -0.394 e. The monoisotopic (exact) mass is 401 g/mol. The number of hydrogen-bond acceptors (Lipinski definition) is 6. The molecular weight excluding hydrogens is 378 g/mol. The number of aliphatic hydroxyl groups is 1. The molecule has 0 aliphatic rings. The first kappa shape index (κ1) is 21.4. The Kier molecular flexibility index (Phi) is 7.97. The predicted octanol–water partition coefficient (Wildman–Crippen LogP) is 1.46. The van der Waals surface area contributed by atoms with E-state index in [1.165, 1.54) is 30.2 Å². The molecule has 0 saturated heterocycles. The highest BCUT2D eigenvalue weighted by Crippen LogP contribution is 2.28. The number of aliphatic hydroxyl groups excluding tert-OH is 1. The average molecular weight is 401 g/mol. The van der Waals surface area contributed by atoms with E-state index in [1.54, 1.807) is 13.0 Å². The van der Waals surface area contributed by atoms with E-state index in [9.17, 15) is 9.59 Å². The van der Waals surface area contributed by atoms with Crippen molar-refractivity contribution in [3.05, 3.63) is 53.3 Å². The molecule has 0 aliphatic carbocycles. The van der Waals surface area contributed by atoms with Gasteiger partial charge in [0.15, 0.2) is 0 Å². The molecule has 0 spiro atoms. The minimum atomic E-state index is -0.447. The number of carbonyl (C=O) groups excluding carboxylic acids is 2. The number of rotatable bonds is 8. The van der Waals surface area contributed by atoms with Crippen molar-refractivity contribution in [3.8, 4) is 0 Å². The molecular formula is C19H23N5O3S. The number of benzene rings is 1. The van der Waals surface area contributed by atoms with Crippen LogP contribution < -0.4 is 16.4 Å². The van der Waals surface area contributed by atoms with Gasteiger partial charge < -0.3 is 21.5 Å². The van der Waals surface area contributed by atoms with Crippen molar-refractivity contribution >= 4 is 35.6 Å². The number of pyridine rings is 1. The molecule has 0 aliphatic heterocycles. The second-order valence-electron chi connectivity index (χ2n) is 5.93. The lowest BCUT2D eigenvalue weighted by atomic mass is 10.2. The number of nitrogens with one attached hydrogen (secondary N) is 2. The number of carbonyl (C=O) groups is 2. The lowest BCUT2D eigenvalue weighted by Gasteiger charge is -2.11. The molecule has 2 rings (SSSR count). The molecule has 1 aromatic carbocycles. The second kappa shape index (κ2) is 10.4. The Morgan fingerprint density at radius 3 is 2.64 bits per heavy atom. The smallest absolute Gasteiger partial charge is 0.270 e. The van der Waals surface area contributed by atoms with E-state index in [-0.39, 0.29) is 23.9 Å². The zero-order valence-electron chi connectivity index (χ0n) is 15.7. The molecule has 5 N–H and O–H groups in total. The van der Waals surface area contributed by atoms with Crippen LogP contribution in [0.2, 0.25) is 0 Å². The van der Waals surface area contributed by atoms with Crippen LogP contribution in [0.1, 0.15) is 33.5 Å². The maximum Gasteiger partial charge on any atom is 0.270 e. The molecule has 1 heterocycles. The quantitative estimate of drug-likeness (QED) is 0.301. The van der Waals surface area contributed by atoms with Crippen LogP contribution in [0.5, 0.6) is 0 Å². The highest BCUT2D eigenvalue weighted by molar-refractivity contribution is 7.98. The predicted molar refractivity (Wildman–Crippen MR) is 110 cm³/mol. The highest BCUT2D eigenvalue weighted by Gasteiger charge is 2.14. The Labute approximate surface area is 167 Å². The van der Waals surface area contributed by atoms with Crippen molar-refractivity contribution in [3.63, 3.8) is 0 Å². The molecule has 148 valence electrons. The lowest BCUT2D eigenvalue weighted by molar-refractivity contribution is 0.0916. The van der Waals surface area contributed by atoms with Gasteiger partial charge in [-0.15, -0.1) is 11.8 Å². The summed E-state index contributed by atoms with van der Waals surface area (Å²) in [6, 6.07) is 9.86. The van der Waals surface area contributed by atoms with Gasteiger partial charge >= 0.3 is 0 Å². The summed E-state index contributed by atoms with van der Waals surface area (Å²) in [5.74, 6) is -0.837. The average Bonchev–Trinajstić information content (AvgIpc) is 2.72. The number of nitrogens with zero attached hydrogens (tertiary/aromatic N) is 2. The topological polar surface area (TPSA) is 130 Å². The Hall–Kier alpha value is -2.91. The maximum absolute atomic E-state index is 12.4. The van der Waals surface area contributed by atoms with Crippen LogP contribution in [0, 0.1) is 0 Å². The summed E-state index contributed by atoms with van der Waals surface area (Å²) >= 11 is 1.54. The number of aromatic nitrogens is 1. The third kappa shape index (κ3) is 5.80. The molecule has 1 atom stereocenters. The van der Waals surface area contributed by atoms with Gasteiger partial charge in [0.05, 0.1) is 18.6 Å².